The van der Waals surface area contributed by atoms with Crippen LogP contribution in [0.1, 0.15) is 41.5 Å². The van der Waals surface area contributed by atoms with Crippen LogP contribution in [0.2, 0.25) is 0 Å². The number of rotatable bonds is 5. The highest BCUT2D eigenvalue weighted by molar-refractivity contribution is 5.93. The second kappa shape index (κ2) is 6.03. The van der Waals surface area contributed by atoms with Gasteiger partial charge in [0.1, 0.15) is 5.69 Å². The molecule has 0 spiro atoms. The van der Waals surface area contributed by atoms with E-state index in [4.69, 9.17) is 4.74 Å². The molecule has 1 aliphatic heterocycles. The number of hydrogen-bond donors (Lipinski definition) is 1. The molecule has 0 aromatic carbocycles. The zero-order valence-electron chi connectivity index (χ0n) is 13.3. The number of ether oxygens (including phenoxy) is 1. The first-order valence-electron chi connectivity index (χ1n) is 7.85. The number of nitrogens with zero attached hydrogens (tertiary/aromatic N) is 3. The van der Waals surface area contributed by atoms with Crippen molar-refractivity contribution in [2.45, 2.75) is 31.5 Å². The fourth-order valence-corrected chi connectivity index (χ4v) is 3.16. The van der Waals surface area contributed by atoms with Gasteiger partial charge in [-0.05, 0) is 19.3 Å². The maximum absolute atomic E-state index is 12.9. The quantitative estimate of drug-likeness (QED) is 0.881. The van der Waals surface area contributed by atoms with Gasteiger partial charge in [-0.25, -0.2) is 0 Å². The first-order chi connectivity index (χ1) is 11.3. The molecular formula is C15H20F3N3O3. The van der Waals surface area contributed by atoms with Gasteiger partial charge >= 0.3 is 6.18 Å². The summed E-state index contributed by atoms with van der Waals surface area (Å²) in [6.45, 7) is 0.788. The molecule has 1 unspecified atom stereocenters. The third-order valence-electron chi connectivity index (χ3n) is 4.65. The summed E-state index contributed by atoms with van der Waals surface area (Å²) in [4.78, 5) is 14.2. The number of hydrogen-bond acceptors (Lipinski definition) is 4. The highest BCUT2D eigenvalue weighted by Gasteiger charge is 2.43. The predicted octanol–water partition coefficient (Wildman–Crippen LogP) is 1.71. The minimum Gasteiger partial charge on any atom is -0.396 e. The molecule has 134 valence electrons. The molecule has 24 heavy (non-hydrogen) atoms. The van der Waals surface area contributed by atoms with Crippen LogP contribution in [0.15, 0.2) is 6.07 Å². The molecule has 1 atom stereocenters. The van der Waals surface area contributed by atoms with Gasteiger partial charge in [0, 0.05) is 31.7 Å². The molecule has 2 fully saturated rings. The van der Waals surface area contributed by atoms with E-state index in [-0.39, 0.29) is 24.9 Å². The molecule has 1 aromatic rings. The fourth-order valence-electron chi connectivity index (χ4n) is 3.16. The second-order valence-electron chi connectivity index (χ2n) is 6.66. The summed E-state index contributed by atoms with van der Waals surface area (Å²) in [5, 5.41) is 13.2. The summed E-state index contributed by atoms with van der Waals surface area (Å²) in [6, 6.07) is 0.694. The van der Waals surface area contributed by atoms with Gasteiger partial charge in [0.25, 0.3) is 5.91 Å². The third-order valence-corrected chi connectivity index (χ3v) is 4.65. The Morgan fingerprint density at radius 1 is 1.50 bits per heavy atom. The van der Waals surface area contributed by atoms with Crippen molar-refractivity contribution in [1.82, 2.24) is 14.7 Å². The minimum atomic E-state index is -4.58. The normalized spacial score (nSPS) is 24.6. The topological polar surface area (TPSA) is 67.6 Å². The van der Waals surface area contributed by atoms with Crippen LogP contribution in [0, 0.1) is 5.41 Å². The number of aromatic nitrogens is 2. The standard InChI is InChI=1S/C15H20F3N3O3/c1-24-9-14(8-22)4-5-20(7-14)13(23)11-6-12(15(16,17)18)19-21(11)10-2-3-10/h6,10,22H,2-5,7-9H2,1H3. The number of methoxy groups -OCH3 is 1. The molecule has 1 amide bonds. The van der Waals surface area contributed by atoms with Crippen LogP contribution in [0.5, 0.6) is 0 Å². The van der Waals surface area contributed by atoms with Crippen molar-refractivity contribution in [2.24, 2.45) is 5.41 Å². The van der Waals surface area contributed by atoms with Crippen molar-refractivity contribution in [3.05, 3.63) is 17.5 Å². The van der Waals surface area contributed by atoms with E-state index in [0.29, 0.717) is 19.6 Å². The van der Waals surface area contributed by atoms with Crippen molar-refractivity contribution in [3.63, 3.8) is 0 Å². The van der Waals surface area contributed by atoms with E-state index in [1.807, 2.05) is 0 Å². The Bertz CT molecular complexity index is 627. The van der Waals surface area contributed by atoms with E-state index >= 15 is 0 Å². The van der Waals surface area contributed by atoms with Gasteiger partial charge in [-0.2, -0.15) is 18.3 Å². The van der Waals surface area contributed by atoms with Crippen LogP contribution in [-0.4, -0.2) is 59.1 Å². The number of aliphatic hydroxyl groups is 1. The van der Waals surface area contributed by atoms with Gasteiger partial charge in [-0.3, -0.25) is 9.48 Å². The maximum atomic E-state index is 12.9. The van der Waals surface area contributed by atoms with E-state index in [9.17, 15) is 23.1 Å². The largest absolute Gasteiger partial charge is 0.435 e. The Labute approximate surface area is 137 Å². The Morgan fingerprint density at radius 2 is 2.21 bits per heavy atom. The highest BCUT2D eigenvalue weighted by Crippen LogP contribution is 2.39. The molecule has 3 rings (SSSR count). The van der Waals surface area contributed by atoms with Crippen LogP contribution < -0.4 is 0 Å². The van der Waals surface area contributed by atoms with Crippen molar-refractivity contribution < 1.29 is 27.8 Å². The predicted molar refractivity (Wildman–Crippen MR) is 77.4 cm³/mol. The Morgan fingerprint density at radius 3 is 2.75 bits per heavy atom. The summed E-state index contributed by atoms with van der Waals surface area (Å²) >= 11 is 0. The molecule has 0 bridgehead atoms. The molecule has 2 aliphatic rings. The van der Waals surface area contributed by atoms with Gasteiger partial charge in [-0.15, -0.1) is 0 Å². The van der Waals surface area contributed by atoms with Gasteiger partial charge in [-0.1, -0.05) is 0 Å². The Balaban J connectivity index is 1.84. The lowest BCUT2D eigenvalue weighted by Gasteiger charge is -2.26. The molecule has 1 aliphatic carbocycles. The van der Waals surface area contributed by atoms with E-state index in [1.54, 1.807) is 0 Å². The van der Waals surface area contributed by atoms with Crippen LogP contribution >= 0.6 is 0 Å². The smallest absolute Gasteiger partial charge is 0.396 e. The molecule has 1 N–H and O–H groups in total. The number of carbonyl (C=O) groups is 1. The summed E-state index contributed by atoms with van der Waals surface area (Å²) in [7, 11) is 1.51. The van der Waals surface area contributed by atoms with Gasteiger partial charge in [0.05, 0.1) is 19.3 Å². The molecular weight excluding hydrogens is 327 g/mol. The fraction of sp³-hybridized carbons (Fsp3) is 0.733. The molecule has 0 radical (unpaired) electrons. The lowest BCUT2D eigenvalue weighted by Crippen LogP contribution is -2.37. The zero-order chi connectivity index (χ0) is 17.5. The number of halogens is 3. The van der Waals surface area contributed by atoms with E-state index in [1.165, 1.54) is 16.7 Å². The van der Waals surface area contributed by atoms with Gasteiger partial charge < -0.3 is 14.7 Å². The molecule has 2 heterocycles. The van der Waals surface area contributed by atoms with Crippen LogP contribution in [0.25, 0.3) is 0 Å². The second-order valence-corrected chi connectivity index (χ2v) is 6.66. The highest BCUT2D eigenvalue weighted by atomic mass is 19.4. The number of likely N-dealkylation sites (tertiary alicyclic amines) is 1. The average Bonchev–Trinajstić information content (AvgIpc) is 3.12. The zero-order valence-corrected chi connectivity index (χ0v) is 13.3. The molecule has 6 nitrogen and oxygen atoms in total. The molecule has 9 heteroatoms. The summed E-state index contributed by atoms with van der Waals surface area (Å²) < 4.78 is 45.1. The van der Waals surface area contributed by atoms with Crippen molar-refractivity contribution in [1.29, 1.82) is 0 Å². The molecule has 1 saturated heterocycles. The first kappa shape index (κ1) is 17.2. The monoisotopic (exact) mass is 347 g/mol. The lowest BCUT2D eigenvalue weighted by atomic mass is 9.89. The molecule has 1 aromatic heterocycles. The Hall–Kier alpha value is -1.61. The van der Waals surface area contributed by atoms with Gasteiger partial charge in [0.2, 0.25) is 0 Å². The summed E-state index contributed by atoms with van der Waals surface area (Å²) in [5.41, 5.74) is -1.62. The lowest BCUT2D eigenvalue weighted by molar-refractivity contribution is -0.141. The average molecular weight is 347 g/mol. The first-order valence-corrected chi connectivity index (χ1v) is 7.85. The third kappa shape index (κ3) is 3.14. The van der Waals surface area contributed by atoms with E-state index in [0.717, 1.165) is 18.9 Å². The SMILES string of the molecule is COCC1(CO)CCN(C(=O)c2cc(C(F)(F)F)nn2C2CC2)C1. The molecule has 1 saturated carbocycles. The van der Waals surface area contributed by atoms with Crippen molar-refractivity contribution in [3.8, 4) is 0 Å². The Kier molecular flexibility index (Phi) is 4.33. The number of aliphatic hydroxyl groups excluding tert-OH is 1. The van der Waals surface area contributed by atoms with Crippen LogP contribution in [0.3, 0.4) is 0 Å². The van der Waals surface area contributed by atoms with E-state index < -0.39 is 23.2 Å². The number of carbonyl (C=O) groups excluding carboxylic acids is 1. The summed E-state index contributed by atoms with van der Waals surface area (Å²) in [5.74, 6) is -0.476. The van der Waals surface area contributed by atoms with Crippen molar-refractivity contribution >= 4 is 5.91 Å². The van der Waals surface area contributed by atoms with Crippen LogP contribution in [0.4, 0.5) is 13.2 Å². The number of alkyl halides is 3. The minimum absolute atomic E-state index is 0.0315. The van der Waals surface area contributed by atoms with Gasteiger partial charge in [0.15, 0.2) is 5.69 Å². The van der Waals surface area contributed by atoms with E-state index in [2.05, 4.69) is 5.10 Å². The maximum Gasteiger partial charge on any atom is 0.435 e. The van der Waals surface area contributed by atoms with Crippen molar-refractivity contribution in [2.75, 3.05) is 33.4 Å². The van der Waals surface area contributed by atoms with Crippen LogP contribution in [-0.2, 0) is 10.9 Å². The number of amides is 1. The summed E-state index contributed by atoms with van der Waals surface area (Å²) in [6.07, 6.45) is -2.58.